The van der Waals surface area contributed by atoms with Crippen LogP contribution in [0.15, 0.2) is 30.3 Å². The SMILES string of the molecule is OC[C@H]1O[C@@H](OCc2ccccc2)[C@H](O)[C@H]1O. The molecule has 0 bridgehead atoms. The third-order valence-corrected chi connectivity index (χ3v) is 2.76. The highest BCUT2D eigenvalue weighted by atomic mass is 16.7. The molecule has 5 heteroatoms. The number of rotatable bonds is 4. The number of aliphatic hydroxyl groups is 3. The van der Waals surface area contributed by atoms with Crippen molar-refractivity contribution >= 4 is 0 Å². The summed E-state index contributed by atoms with van der Waals surface area (Å²) in [6.45, 7) is -0.0587. The Labute approximate surface area is 99.2 Å². The van der Waals surface area contributed by atoms with Gasteiger partial charge >= 0.3 is 0 Å². The van der Waals surface area contributed by atoms with Gasteiger partial charge in [0, 0.05) is 0 Å². The fourth-order valence-electron chi connectivity index (χ4n) is 1.76. The van der Waals surface area contributed by atoms with Gasteiger partial charge in [-0.3, -0.25) is 0 Å². The Balaban J connectivity index is 1.88. The molecule has 0 aromatic heterocycles. The van der Waals surface area contributed by atoms with Crippen LogP contribution in [0.2, 0.25) is 0 Å². The molecule has 4 atom stereocenters. The van der Waals surface area contributed by atoms with Crippen molar-refractivity contribution in [3.63, 3.8) is 0 Å². The van der Waals surface area contributed by atoms with Gasteiger partial charge in [-0.15, -0.1) is 0 Å². The van der Waals surface area contributed by atoms with E-state index < -0.39 is 24.6 Å². The van der Waals surface area contributed by atoms with Crippen molar-refractivity contribution in [2.24, 2.45) is 0 Å². The molecule has 0 radical (unpaired) electrons. The van der Waals surface area contributed by atoms with Crippen LogP contribution in [-0.2, 0) is 16.1 Å². The van der Waals surface area contributed by atoms with Crippen LogP contribution >= 0.6 is 0 Å². The van der Waals surface area contributed by atoms with Crippen LogP contribution < -0.4 is 0 Å². The normalized spacial score (nSPS) is 32.9. The summed E-state index contributed by atoms with van der Waals surface area (Å²) >= 11 is 0. The first kappa shape index (κ1) is 12.5. The van der Waals surface area contributed by atoms with Crippen molar-refractivity contribution in [2.45, 2.75) is 31.2 Å². The third-order valence-electron chi connectivity index (χ3n) is 2.76. The molecule has 1 aromatic carbocycles. The molecular weight excluding hydrogens is 224 g/mol. The van der Waals surface area contributed by atoms with Crippen LogP contribution in [0.3, 0.4) is 0 Å². The standard InChI is InChI=1S/C12H16O5/c13-6-9-10(14)11(15)12(17-9)16-7-8-4-2-1-3-5-8/h1-5,9-15H,6-7H2/t9-,10+,11-,12-/m1/s1. The highest BCUT2D eigenvalue weighted by Gasteiger charge is 2.42. The molecule has 0 unspecified atom stereocenters. The molecule has 0 spiro atoms. The molecule has 1 saturated heterocycles. The second-order valence-corrected chi connectivity index (χ2v) is 4.00. The minimum atomic E-state index is -1.13. The lowest BCUT2D eigenvalue weighted by Gasteiger charge is -2.15. The summed E-state index contributed by atoms with van der Waals surface area (Å²) in [7, 11) is 0. The number of aliphatic hydroxyl groups excluding tert-OH is 3. The molecule has 0 aliphatic carbocycles. The Morgan fingerprint density at radius 1 is 1.12 bits per heavy atom. The molecule has 1 aliphatic heterocycles. The lowest BCUT2D eigenvalue weighted by atomic mass is 10.1. The van der Waals surface area contributed by atoms with E-state index in [1.807, 2.05) is 30.3 Å². The monoisotopic (exact) mass is 240 g/mol. The summed E-state index contributed by atoms with van der Waals surface area (Å²) in [5.41, 5.74) is 0.949. The number of hydrogen-bond acceptors (Lipinski definition) is 5. The molecule has 2 rings (SSSR count). The number of ether oxygens (including phenoxy) is 2. The van der Waals surface area contributed by atoms with E-state index in [1.165, 1.54) is 0 Å². The van der Waals surface area contributed by atoms with E-state index in [4.69, 9.17) is 14.6 Å². The van der Waals surface area contributed by atoms with Crippen molar-refractivity contribution in [2.75, 3.05) is 6.61 Å². The molecule has 5 nitrogen and oxygen atoms in total. The molecule has 0 saturated carbocycles. The first-order valence-corrected chi connectivity index (χ1v) is 5.50. The molecule has 3 N–H and O–H groups in total. The predicted molar refractivity (Wildman–Crippen MR) is 59.0 cm³/mol. The summed E-state index contributed by atoms with van der Waals surface area (Å²) in [6, 6.07) is 9.45. The highest BCUT2D eigenvalue weighted by molar-refractivity contribution is 5.13. The molecule has 0 amide bonds. The summed E-state index contributed by atoms with van der Waals surface area (Å²) in [5, 5.41) is 28.0. The largest absolute Gasteiger partial charge is 0.394 e. The molecule has 1 aromatic rings. The number of benzene rings is 1. The third kappa shape index (κ3) is 2.83. The van der Waals surface area contributed by atoms with Gasteiger partial charge in [0.05, 0.1) is 13.2 Å². The van der Waals surface area contributed by atoms with Gasteiger partial charge < -0.3 is 24.8 Å². The van der Waals surface area contributed by atoms with Gasteiger partial charge in [-0.05, 0) is 5.56 Å². The Bertz CT molecular complexity index is 342. The predicted octanol–water partition coefficient (Wildman–Crippen LogP) is -0.358. The summed E-state index contributed by atoms with van der Waals surface area (Å²) in [5.74, 6) is 0. The quantitative estimate of drug-likeness (QED) is 0.670. The maximum Gasteiger partial charge on any atom is 0.187 e. The van der Waals surface area contributed by atoms with Crippen LogP contribution in [0.25, 0.3) is 0 Å². The van der Waals surface area contributed by atoms with Crippen LogP contribution in [0.1, 0.15) is 5.56 Å². The van der Waals surface area contributed by atoms with Gasteiger partial charge in [0.25, 0.3) is 0 Å². The molecule has 1 fully saturated rings. The first-order valence-electron chi connectivity index (χ1n) is 5.50. The highest BCUT2D eigenvalue weighted by Crippen LogP contribution is 2.22. The first-order chi connectivity index (χ1) is 8.22. The van der Waals surface area contributed by atoms with E-state index in [1.54, 1.807) is 0 Å². The van der Waals surface area contributed by atoms with Crippen LogP contribution in [0.5, 0.6) is 0 Å². The second-order valence-electron chi connectivity index (χ2n) is 4.00. The minimum absolute atomic E-state index is 0.285. The van der Waals surface area contributed by atoms with E-state index in [0.29, 0.717) is 0 Å². The fourth-order valence-corrected chi connectivity index (χ4v) is 1.76. The summed E-state index contributed by atoms with van der Waals surface area (Å²) in [6.07, 6.45) is -3.93. The van der Waals surface area contributed by atoms with Gasteiger partial charge in [0.1, 0.15) is 18.3 Å². The number of hydrogen-bond donors (Lipinski definition) is 3. The van der Waals surface area contributed by atoms with E-state index in [-0.39, 0.29) is 13.2 Å². The van der Waals surface area contributed by atoms with Crippen LogP contribution in [-0.4, -0.2) is 46.5 Å². The van der Waals surface area contributed by atoms with Crippen molar-refractivity contribution in [1.82, 2.24) is 0 Å². The maximum absolute atomic E-state index is 9.63. The summed E-state index contributed by atoms with van der Waals surface area (Å²) < 4.78 is 10.5. The van der Waals surface area contributed by atoms with Gasteiger partial charge in [-0.1, -0.05) is 30.3 Å². The van der Waals surface area contributed by atoms with Gasteiger partial charge in [-0.25, -0.2) is 0 Å². The maximum atomic E-state index is 9.63. The van der Waals surface area contributed by atoms with Crippen LogP contribution in [0, 0.1) is 0 Å². The minimum Gasteiger partial charge on any atom is -0.394 e. The zero-order chi connectivity index (χ0) is 12.3. The molecule has 1 aliphatic rings. The Kier molecular flexibility index (Phi) is 4.09. The zero-order valence-electron chi connectivity index (χ0n) is 9.27. The molecule has 94 valence electrons. The Morgan fingerprint density at radius 3 is 2.41 bits per heavy atom. The van der Waals surface area contributed by atoms with Gasteiger partial charge in [-0.2, -0.15) is 0 Å². The van der Waals surface area contributed by atoms with E-state index in [0.717, 1.165) is 5.56 Å². The van der Waals surface area contributed by atoms with Crippen LogP contribution in [0.4, 0.5) is 0 Å². The van der Waals surface area contributed by atoms with E-state index in [9.17, 15) is 10.2 Å². The zero-order valence-corrected chi connectivity index (χ0v) is 9.27. The Hall–Kier alpha value is -0.980. The van der Waals surface area contributed by atoms with Crippen molar-refractivity contribution in [3.8, 4) is 0 Å². The summed E-state index contributed by atoms with van der Waals surface area (Å²) in [4.78, 5) is 0. The topological polar surface area (TPSA) is 79.2 Å². The van der Waals surface area contributed by atoms with Gasteiger partial charge in [0.15, 0.2) is 6.29 Å². The fraction of sp³-hybridized carbons (Fsp3) is 0.500. The lowest BCUT2D eigenvalue weighted by molar-refractivity contribution is -0.175. The van der Waals surface area contributed by atoms with Crippen molar-refractivity contribution in [3.05, 3.63) is 35.9 Å². The lowest BCUT2D eigenvalue weighted by Crippen LogP contribution is -2.34. The van der Waals surface area contributed by atoms with E-state index in [2.05, 4.69) is 0 Å². The van der Waals surface area contributed by atoms with Crippen molar-refractivity contribution < 1.29 is 24.8 Å². The molecule has 1 heterocycles. The average Bonchev–Trinajstić information content (AvgIpc) is 2.65. The van der Waals surface area contributed by atoms with E-state index >= 15 is 0 Å². The van der Waals surface area contributed by atoms with Gasteiger partial charge in [0.2, 0.25) is 0 Å². The van der Waals surface area contributed by atoms with Crippen molar-refractivity contribution in [1.29, 1.82) is 0 Å². The molecular formula is C12H16O5. The second kappa shape index (κ2) is 5.57. The average molecular weight is 240 g/mol. The Morgan fingerprint density at radius 2 is 1.82 bits per heavy atom. The smallest absolute Gasteiger partial charge is 0.187 e. The molecule has 17 heavy (non-hydrogen) atoms.